The lowest BCUT2D eigenvalue weighted by Crippen LogP contribution is -2.61. The van der Waals surface area contributed by atoms with Crippen molar-refractivity contribution in [2.24, 2.45) is 17.3 Å². The van der Waals surface area contributed by atoms with Gasteiger partial charge in [0.1, 0.15) is 24.4 Å². The molecule has 0 radical (unpaired) electrons. The maximum absolute atomic E-state index is 11.3. The molecular weight excluding hydrogens is 456 g/mol. The molecule has 0 aromatic heterocycles. The van der Waals surface area contributed by atoms with Crippen LogP contribution in [0.4, 0.5) is 0 Å². The number of ether oxygens (including phenoxy) is 2. The zero-order valence-corrected chi connectivity index (χ0v) is 21.1. The molecule has 10 atom stereocenters. The van der Waals surface area contributed by atoms with Gasteiger partial charge < -0.3 is 45.2 Å². The second-order valence-electron chi connectivity index (χ2n) is 11.4. The van der Waals surface area contributed by atoms with E-state index in [9.17, 15) is 35.7 Å². The molecule has 202 valence electrons. The third-order valence-electron chi connectivity index (χ3n) is 8.75. The van der Waals surface area contributed by atoms with Gasteiger partial charge in [-0.25, -0.2) is 0 Å². The van der Waals surface area contributed by atoms with Gasteiger partial charge in [-0.15, -0.1) is 0 Å². The van der Waals surface area contributed by atoms with Crippen LogP contribution in [0.3, 0.4) is 0 Å². The van der Waals surface area contributed by atoms with E-state index in [4.69, 9.17) is 9.47 Å². The van der Waals surface area contributed by atoms with E-state index in [2.05, 4.69) is 6.58 Å². The Bertz CT molecular complexity index is 766. The van der Waals surface area contributed by atoms with Crippen molar-refractivity contribution in [3.05, 3.63) is 23.8 Å². The zero-order valence-electron chi connectivity index (χ0n) is 21.1. The minimum atomic E-state index is -1.53. The van der Waals surface area contributed by atoms with Crippen molar-refractivity contribution < 1.29 is 45.2 Å². The van der Waals surface area contributed by atoms with Gasteiger partial charge in [-0.1, -0.05) is 19.6 Å². The van der Waals surface area contributed by atoms with Crippen molar-refractivity contribution in [1.82, 2.24) is 0 Å². The van der Waals surface area contributed by atoms with Crippen LogP contribution < -0.4 is 0 Å². The van der Waals surface area contributed by atoms with Crippen LogP contribution in [0.15, 0.2) is 23.8 Å². The van der Waals surface area contributed by atoms with Crippen molar-refractivity contribution in [2.45, 2.75) is 108 Å². The van der Waals surface area contributed by atoms with Crippen LogP contribution >= 0.6 is 0 Å². The molecule has 2 aliphatic carbocycles. The van der Waals surface area contributed by atoms with E-state index in [1.807, 2.05) is 20.8 Å². The van der Waals surface area contributed by atoms with Gasteiger partial charge in [0, 0.05) is 5.41 Å². The Hall–Kier alpha value is -0.880. The molecule has 35 heavy (non-hydrogen) atoms. The van der Waals surface area contributed by atoms with Crippen LogP contribution in [-0.4, -0.2) is 97.5 Å². The van der Waals surface area contributed by atoms with E-state index < -0.39 is 60.5 Å². The molecule has 0 aromatic rings. The number of fused-ring (bicyclic) bond motifs is 1. The SMILES string of the molecule is C=C1CC[C@H]2[C@H](C(C)(C)O[C@@H]3O[C@H](CO)[C@@H](O)[C@H](O)[C@H]3O)CC[C@]2(C)[C@@H](O)/C=C(\CO)CC[C@H]1O. The van der Waals surface area contributed by atoms with Crippen LogP contribution in [0.2, 0.25) is 0 Å². The van der Waals surface area contributed by atoms with Crippen LogP contribution in [0.25, 0.3) is 0 Å². The third kappa shape index (κ3) is 5.84. The summed E-state index contributed by atoms with van der Waals surface area (Å²) in [4.78, 5) is 0. The number of aliphatic hydroxyl groups excluding tert-OH is 7. The average molecular weight is 501 g/mol. The summed E-state index contributed by atoms with van der Waals surface area (Å²) >= 11 is 0. The van der Waals surface area contributed by atoms with Gasteiger partial charge in [-0.05, 0) is 75.4 Å². The van der Waals surface area contributed by atoms with Crippen LogP contribution in [-0.2, 0) is 9.47 Å². The largest absolute Gasteiger partial charge is 0.394 e. The molecule has 0 spiro atoms. The Kier molecular flexibility index (Phi) is 9.22. The summed E-state index contributed by atoms with van der Waals surface area (Å²) in [5.74, 6) is -0.123. The molecule has 0 aromatic carbocycles. The average Bonchev–Trinajstić information content (AvgIpc) is 3.17. The summed E-state index contributed by atoms with van der Waals surface area (Å²) in [5, 5.41) is 71.9. The summed E-state index contributed by atoms with van der Waals surface area (Å²) in [5.41, 5.74) is 0.0293. The first-order valence-electron chi connectivity index (χ1n) is 12.7. The second kappa shape index (κ2) is 11.2. The first-order chi connectivity index (χ1) is 16.4. The van der Waals surface area contributed by atoms with Gasteiger partial charge in [0.2, 0.25) is 0 Å². The molecule has 2 fully saturated rings. The molecular formula is C26H44O9. The molecule has 9 heteroatoms. The molecule has 3 rings (SSSR count). The topological polar surface area (TPSA) is 160 Å². The quantitative estimate of drug-likeness (QED) is 0.265. The molecule has 0 amide bonds. The Morgan fingerprint density at radius 2 is 1.71 bits per heavy atom. The number of hydrogen-bond acceptors (Lipinski definition) is 9. The van der Waals surface area contributed by atoms with E-state index in [1.54, 1.807) is 6.08 Å². The highest BCUT2D eigenvalue weighted by Gasteiger charge is 2.55. The molecule has 7 N–H and O–H groups in total. The smallest absolute Gasteiger partial charge is 0.187 e. The number of hydrogen-bond donors (Lipinski definition) is 7. The summed E-state index contributed by atoms with van der Waals surface area (Å²) in [6.45, 7) is 9.14. The fraction of sp³-hybridized carbons (Fsp3) is 0.846. The monoisotopic (exact) mass is 500 g/mol. The Labute approximate surface area is 207 Å². The van der Waals surface area contributed by atoms with Gasteiger partial charge in [0.05, 0.1) is 31.0 Å². The van der Waals surface area contributed by atoms with Gasteiger partial charge in [0.15, 0.2) is 6.29 Å². The van der Waals surface area contributed by atoms with Gasteiger partial charge in [-0.3, -0.25) is 0 Å². The fourth-order valence-corrected chi connectivity index (χ4v) is 6.26. The van der Waals surface area contributed by atoms with E-state index in [-0.39, 0.29) is 18.4 Å². The lowest BCUT2D eigenvalue weighted by molar-refractivity contribution is -0.330. The maximum atomic E-state index is 11.3. The molecule has 1 saturated carbocycles. The highest BCUT2D eigenvalue weighted by Crippen LogP contribution is 2.56. The van der Waals surface area contributed by atoms with Gasteiger partial charge in [0.25, 0.3) is 0 Å². The lowest BCUT2D eigenvalue weighted by Gasteiger charge is -2.46. The van der Waals surface area contributed by atoms with Crippen LogP contribution in [0.1, 0.15) is 59.3 Å². The molecule has 1 saturated heterocycles. The lowest BCUT2D eigenvalue weighted by atomic mass is 9.67. The summed E-state index contributed by atoms with van der Waals surface area (Å²) in [6, 6.07) is 0. The molecule has 3 aliphatic rings. The van der Waals surface area contributed by atoms with E-state index in [1.165, 1.54) is 0 Å². The normalized spacial score (nSPS) is 45.4. The summed E-state index contributed by atoms with van der Waals surface area (Å²) in [6.07, 6.45) is -2.98. The van der Waals surface area contributed by atoms with Crippen molar-refractivity contribution in [3.63, 3.8) is 0 Å². The minimum Gasteiger partial charge on any atom is -0.394 e. The van der Waals surface area contributed by atoms with Gasteiger partial charge >= 0.3 is 0 Å². The molecule has 0 unspecified atom stereocenters. The number of aliphatic hydroxyl groups is 7. The second-order valence-corrected chi connectivity index (χ2v) is 11.4. The Morgan fingerprint density at radius 1 is 1.03 bits per heavy atom. The summed E-state index contributed by atoms with van der Waals surface area (Å²) < 4.78 is 11.8. The summed E-state index contributed by atoms with van der Waals surface area (Å²) in [7, 11) is 0. The zero-order chi connectivity index (χ0) is 26.1. The van der Waals surface area contributed by atoms with Gasteiger partial charge in [-0.2, -0.15) is 0 Å². The van der Waals surface area contributed by atoms with E-state index >= 15 is 0 Å². The van der Waals surface area contributed by atoms with E-state index in [0.717, 1.165) is 12.0 Å². The minimum absolute atomic E-state index is 0.0457. The Balaban J connectivity index is 1.88. The Morgan fingerprint density at radius 3 is 2.34 bits per heavy atom. The van der Waals surface area contributed by atoms with Crippen molar-refractivity contribution in [1.29, 1.82) is 0 Å². The fourth-order valence-electron chi connectivity index (χ4n) is 6.26. The highest BCUT2D eigenvalue weighted by atomic mass is 16.7. The first-order valence-corrected chi connectivity index (χ1v) is 12.7. The van der Waals surface area contributed by atoms with E-state index in [0.29, 0.717) is 37.7 Å². The predicted octanol–water partition coefficient (Wildman–Crippen LogP) is 0.385. The highest BCUT2D eigenvalue weighted by molar-refractivity contribution is 5.16. The molecule has 1 heterocycles. The standard InChI is InChI=1S/C26H44O9/c1-14-5-7-17-16(9-10-26(17,4)20(30)11-15(12-27)6-8-18(14)29)25(2,3)35-24-23(33)22(32)21(31)19(13-28)34-24/h11,16-24,27-33H,1,5-10,12-13H2,2-4H3/b15-11-/t16-,17+,18-,19-,20+,21-,22+,23-,24+,26+/m1/s1. The number of rotatable bonds is 5. The maximum Gasteiger partial charge on any atom is 0.187 e. The third-order valence-corrected chi connectivity index (χ3v) is 8.75. The molecule has 9 nitrogen and oxygen atoms in total. The van der Waals surface area contributed by atoms with Crippen LogP contribution in [0.5, 0.6) is 0 Å². The van der Waals surface area contributed by atoms with Crippen LogP contribution in [0, 0.1) is 17.3 Å². The molecule has 1 aliphatic heterocycles. The molecule has 0 bridgehead atoms. The predicted molar refractivity (Wildman–Crippen MR) is 128 cm³/mol. The van der Waals surface area contributed by atoms with Crippen molar-refractivity contribution >= 4 is 0 Å². The first kappa shape index (κ1) is 28.7. The van der Waals surface area contributed by atoms with Crippen molar-refractivity contribution in [2.75, 3.05) is 13.2 Å². The van der Waals surface area contributed by atoms with Crippen molar-refractivity contribution in [3.8, 4) is 0 Å².